The van der Waals surface area contributed by atoms with E-state index >= 15 is 4.57 Å². The van der Waals surface area contributed by atoms with Crippen LogP contribution in [-0.4, -0.2) is 20.1 Å². The van der Waals surface area contributed by atoms with E-state index in [9.17, 15) is 14.2 Å². The van der Waals surface area contributed by atoms with Crippen LogP contribution < -0.4 is 47.7 Å². The topological polar surface area (TPSA) is 110 Å². The average molecular weight is 1950 g/mol. The first-order valence-electron chi connectivity index (χ1n) is 49.9. The van der Waals surface area contributed by atoms with Crippen LogP contribution in [0.25, 0.3) is 197 Å². The Morgan fingerprint density at radius 1 is 0.162 bits per heavy atom. The predicted octanol–water partition coefficient (Wildman–Crippen LogP) is 32.5. The third-order valence-corrected chi connectivity index (χ3v) is 38.3. The number of phenolic OH excluding ortho intramolecular Hbond substituents is 1. The summed E-state index contributed by atoms with van der Waals surface area (Å²) in [7, 11) is -9.26. The number of phenols is 1. The lowest BCUT2D eigenvalue weighted by Crippen LogP contribution is -2.25. The molecule has 148 heavy (non-hydrogen) atoms. The zero-order chi connectivity index (χ0) is 99.4. The number of aromatic nitrogens is 3. The summed E-state index contributed by atoms with van der Waals surface area (Å²) in [4.78, 5) is 15.7. The molecule has 0 radical (unpaired) electrons. The van der Waals surface area contributed by atoms with E-state index in [0.29, 0.717) is 0 Å². The van der Waals surface area contributed by atoms with Crippen molar-refractivity contribution in [1.82, 2.24) is 15.0 Å². The molecule has 0 aliphatic rings. The normalized spacial score (nSPS) is 11.8. The highest BCUT2D eigenvalue weighted by Gasteiger charge is 2.34. The molecule has 0 bridgehead atoms. The summed E-state index contributed by atoms with van der Waals surface area (Å²) in [5, 5.41) is 40.0. The van der Waals surface area contributed by atoms with E-state index < -0.39 is 21.4 Å². The van der Waals surface area contributed by atoms with Crippen molar-refractivity contribution in [2.24, 2.45) is 0 Å². The van der Waals surface area contributed by atoms with Gasteiger partial charge in [0.25, 0.3) is 0 Å². The maximum absolute atomic E-state index is 15.2. The summed E-state index contributed by atoms with van der Waals surface area (Å²) in [5.41, 5.74) is 18.5. The molecule has 24 aromatic carbocycles. The smallest absolute Gasteiger partial charge is 0.171 e. The van der Waals surface area contributed by atoms with Crippen LogP contribution in [0.3, 0.4) is 0 Å². The monoisotopic (exact) mass is 1950 g/mol. The highest BCUT2D eigenvalue weighted by Crippen LogP contribution is 2.50. The van der Waals surface area contributed by atoms with Crippen molar-refractivity contribution in [3.8, 4) is 84.0 Å². The Hall–Kier alpha value is -17.9. The van der Waals surface area contributed by atoms with Gasteiger partial charge in [0.1, 0.15) is 5.75 Å². The Morgan fingerprint density at radius 2 is 0.399 bits per heavy atom. The van der Waals surface area contributed by atoms with Crippen molar-refractivity contribution in [2.45, 2.75) is 6.92 Å². The van der Waals surface area contributed by atoms with Gasteiger partial charge in [-0.2, -0.15) is 0 Å². The number of benzene rings is 24. The van der Waals surface area contributed by atoms with E-state index in [1.165, 1.54) is 75.9 Å². The van der Waals surface area contributed by atoms with E-state index in [-0.39, 0.29) is 5.75 Å². The Bertz CT molecular complexity index is 9550. The molecule has 0 unspecified atom stereocenters. The number of aromatic hydroxyl groups is 1. The van der Waals surface area contributed by atoms with Crippen LogP contribution in [0.2, 0.25) is 0 Å². The van der Waals surface area contributed by atoms with Gasteiger partial charge in [-0.15, -0.1) is 0 Å². The second kappa shape index (κ2) is 38.6. The van der Waals surface area contributed by atoms with Crippen LogP contribution in [0, 0.1) is 6.92 Å². The minimum atomic E-state index is -3.11. The predicted molar refractivity (Wildman–Crippen MR) is 628 cm³/mol. The fraction of sp³-hybridized carbons (Fsp3) is 0.00725. The number of fused-ring (bicyclic) bond motifs is 18. The fourth-order valence-electron chi connectivity index (χ4n) is 21.7. The lowest BCUT2D eigenvalue weighted by atomic mass is 9.92. The second-order valence-electron chi connectivity index (χ2n) is 37.9. The number of rotatable bonds is 16. The van der Waals surface area contributed by atoms with Gasteiger partial charge < -0.3 is 18.8 Å². The summed E-state index contributed by atoms with van der Waals surface area (Å²) in [5.74, 6) is 0.224. The highest BCUT2D eigenvalue weighted by atomic mass is 31.2. The average Bonchev–Trinajstić information content (AvgIpc) is 0.736. The first-order chi connectivity index (χ1) is 72.8. The molecule has 0 aliphatic heterocycles. The van der Waals surface area contributed by atoms with Gasteiger partial charge in [-0.3, -0.25) is 0 Å². The third kappa shape index (κ3) is 16.7. The minimum absolute atomic E-state index is 0.224. The van der Waals surface area contributed by atoms with Crippen LogP contribution >= 0.6 is 21.4 Å². The number of nitrogens with zero attached hydrogens (tertiary/aromatic N) is 3. The molecule has 27 rings (SSSR count). The first-order valence-corrected chi connectivity index (χ1v) is 55.0. The summed E-state index contributed by atoms with van der Waals surface area (Å²) >= 11 is 0. The lowest BCUT2D eigenvalue weighted by Gasteiger charge is -2.20. The van der Waals surface area contributed by atoms with Crippen LogP contribution in [0.1, 0.15) is 5.56 Å². The zero-order valence-corrected chi connectivity index (χ0v) is 83.5. The molecule has 1 N–H and O–H groups in total. The molecule has 3 aromatic heterocycles. The standard InChI is InChI=1S/C55H36NOP.C42H30NOP.C41H28NO2P/c57-58(45-15-3-1-4-16-45,46-17-5-2-6-18-46)47-19-11-14-42(34-47)37-22-27-41(28-23-37)55-50-32-30-39-13-8-10-21-49(39)54(50)52-36-44(31-33-53(52)56-55)43-29-26-40-25-24-38-12-7-9-20-48(38)51(40)35-43;1-29-19-26-40-39(27-29)41-37-18-9-8-11-31(37)24-25-38(41)42(43-40)32-22-20-30(21-23-32)33-12-10-17-36(28-33)45(44,34-13-4-2-5-14-34)35-15-6-3-7-16-35;43-32-23-25-39-38(27-32)40-36-17-8-7-10-29(36)22-24-37(40)41(42-39)30-20-18-28(19-21-30)31-11-9-16-35(26-31)45(44,33-12-3-1-4-13-33)34-14-5-2-6-15-34/h1-36H;2-28H,1H3;1-27,43H. The minimum Gasteiger partial charge on any atom is -0.508 e. The molecule has 3 heterocycles. The number of pyridine rings is 3. The molecule has 0 spiro atoms. The highest BCUT2D eigenvalue weighted by molar-refractivity contribution is 7.86. The number of hydrogen-bond acceptors (Lipinski definition) is 7. The van der Waals surface area contributed by atoms with Crippen molar-refractivity contribution in [3.05, 3.63) is 552 Å². The van der Waals surface area contributed by atoms with Crippen LogP contribution in [0.4, 0.5) is 0 Å². The van der Waals surface area contributed by atoms with Crippen LogP contribution in [-0.2, 0) is 13.7 Å². The van der Waals surface area contributed by atoms with E-state index in [1.54, 1.807) is 12.1 Å². The summed E-state index contributed by atoms with van der Waals surface area (Å²) < 4.78 is 45.1. The van der Waals surface area contributed by atoms with E-state index in [2.05, 4.69) is 304 Å². The second-order valence-corrected chi connectivity index (χ2v) is 46.2. The van der Waals surface area contributed by atoms with Crippen LogP contribution in [0.15, 0.2) is 546 Å². The fourth-order valence-corrected chi connectivity index (χ4v) is 29.8. The van der Waals surface area contributed by atoms with Gasteiger partial charge in [0.2, 0.25) is 0 Å². The molecule has 700 valence electrons. The van der Waals surface area contributed by atoms with Gasteiger partial charge in [-0.1, -0.05) is 485 Å². The molecule has 0 amide bonds. The van der Waals surface area contributed by atoms with E-state index in [1.807, 2.05) is 237 Å². The van der Waals surface area contributed by atoms with Crippen molar-refractivity contribution in [1.29, 1.82) is 0 Å². The molecule has 0 atom stereocenters. The Balaban J connectivity index is 0.000000117. The molecule has 0 aliphatic carbocycles. The molecule has 7 nitrogen and oxygen atoms in total. The van der Waals surface area contributed by atoms with E-state index in [4.69, 9.17) is 15.0 Å². The number of aryl methyl sites for hydroxylation is 1. The van der Waals surface area contributed by atoms with Gasteiger partial charge in [0.15, 0.2) is 21.4 Å². The zero-order valence-electron chi connectivity index (χ0n) is 80.8. The maximum Gasteiger partial charge on any atom is 0.171 e. The van der Waals surface area contributed by atoms with Crippen molar-refractivity contribution >= 4 is 188 Å². The largest absolute Gasteiger partial charge is 0.508 e. The third-order valence-electron chi connectivity index (χ3n) is 29.1. The Morgan fingerprint density at radius 3 is 0.750 bits per heavy atom. The van der Waals surface area contributed by atoms with E-state index in [0.717, 1.165) is 175 Å². The number of hydrogen-bond donors (Lipinski definition) is 1. The Kier molecular flexibility index (Phi) is 23.8. The SMILES string of the molecule is Cc1ccc2nc(-c3ccc(-c4cccc(P(=O)(c5ccccc5)c5ccccc5)c4)cc3)c3ccc4ccccc4c3c2c1.O=P(c1ccccc1)(c1ccccc1)c1cccc(-c2ccc(-c3nc4ccc(-c5ccc6ccc7ccccc7c6c5)cc4c4c3ccc3ccccc34)cc2)c1.O=P(c1ccccc1)(c1ccccc1)c1cccc(-c2ccc(-c3nc4ccc(O)cc4c4c3ccc3ccccc34)cc2)c1. The van der Waals surface area contributed by atoms with Crippen molar-refractivity contribution in [3.63, 3.8) is 0 Å². The maximum atomic E-state index is 15.2. The van der Waals surface area contributed by atoms with Crippen LogP contribution in [0.5, 0.6) is 5.75 Å². The molecule has 10 heteroatoms. The van der Waals surface area contributed by atoms with Gasteiger partial charge in [-0.05, 0) is 172 Å². The molecule has 0 fully saturated rings. The molecule has 27 aromatic rings. The molecule has 0 saturated carbocycles. The molecular weight excluding hydrogens is 1860 g/mol. The summed E-state index contributed by atoms with van der Waals surface area (Å²) in [6.45, 7) is 2.14. The molecular formula is C138H94N3O4P3. The van der Waals surface area contributed by atoms with Gasteiger partial charge in [0, 0.05) is 113 Å². The molecule has 0 saturated heterocycles. The Labute approximate surface area is 857 Å². The van der Waals surface area contributed by atoms with Gasteiger partial charge in [0.05, 0.1) is 33.6 Å². The summed E-state index contributed by atoms with van der Waals surface area (Å²) in [6.07, 6.45) is 0. The lowest BCUT2D eigenvalue weighted by molar-refractivity contribution is 0.476. The first kappa shape index (κ1) is 91.3. The quantitative estimate of drug-likeness (QED) is 0.0758. The van der Waals surface area contributed by atoms with Gasteiger partial charge >= 0.3 is 0 Å². The van der Waals surface area contributed by atoms with Crippen molar-refractivity contribution in [2.75, 3.05) is 0 Å². The van der Waals surface area contributed by atoms with Gasteiger partial charge in [-0.25, -0.2) is 15.0 Å². The summed E-state index contributed by atoms with van der Waals surface area (Å²) in [6, 6.07) is 186. The van der Waals surface area contributed by atoms with Crippen molar-refractivity contribution < 1.29 is 18.8 Å².